The van der Waals surface area contributed by atoms with Crippen LogP contribution in [0.5, 0.6) is 0 Å². The van der Waals surface area contributed by atoms with Crippen LogP contribution in [0.4, 0.5) is 0 Å². The summed E-state index contributed by atoms with van der Waals surface area (Å²) in [5.41, 5.74) is 5.97. The van der Waals surface area contributed by atoms with Crippen LogP contribution in [0.2, 0.25) is 5.02 Å². The van der Waals surface area contributed by atoms with Gasteiger partial charge in [0.2, 0.25) is 0 Å². The average molecular weight is 451 g/mol. The lowest BCUT2D eigenvalue weighted by molar-refractivity contribution is -0.113. The topological polar surface area (TPSA) is 41.9 Å². The van der Waals surface area contributed by atoms with Gasteiger partial charge in [0.15, 0.2) is 5.17 Å². The number of halogens is 1. The number of rotatable bonds is 0. The van der Waals surface area contributed by atoms with E-state index in [0.29, 0.717) is 11.6 Å². The monoisotopic (exact) mass is 450 g/mol. The van der Waals surface area contributed by atoms with E-state index in [1.807, 2.05) is 12.1 Å². The molecule has 3 aliphatic heterocycles. The molecule has 3 heterocycles. The maximum Gasteiger partial charge on any atom is 0.286 e. The third-order valence-electron chi connectivity index (χ3n) is 6.98. The number of carbonyl (C=O) groups is 1. The number of hydrogen-bond acceptors (Lipinski definition) is 4. The lowest BCUT2D eigenvalue weighted by Gasteiger charge is -2.39. The Labute approximate surface area is 191 Å². The summed E-state index contributed by atoms with van der Waals surface area (Å²) >= 11 is 7.81. The first-order chi connectivity index (χ1) is 15.1. The molecule has 1 fully saturated rings. The van der Waals surface area contributed by atoms with E-state index in [4.69, 9.17) is 16.3 Å². The maximum absolute atomic E-state index is 12.9. The number of piperidine rings is 1. The highest BCUT2D eigenvalue weighted by Crippen LogP contribution is 2.46. The Kier molecular flexibility index (Phi) is 4.74. The molecule has 0 aromatic heterocycles. The minimum Gasteiger partial charge on any atom is -0.365 e. The number of benzene rings is 2. The number of ether oxygens (including phenoxy) is 1. The van der Waals surface area contributed by atoms with Gasteiger partial charge in [0.25, 0.3) is 5.91 Å². The van der Waals surface area contributed by atoms with E-state index in [9.17, 15) is 4.79 Å². The van der Waals surface area contributed by atoms with Crippen LogP contribution in [0, 0.1) is 0 Å². The Balaban J connectivity index is 1.23. The molecule has 2 aromatic carbocycles. The van der Waals surface area contributed by atoms with Crippen molar-refractivity contribution in [3.05, 3.63) is 74.6 Å². The summed E-state index contributed by atoms with van der Waals surface area (Å²) in [6, 6.07) is 14.6. The van der Waals surface area contributed by atoms with Gasteiger partial charge in [-0.05, 0) is 83.8 Å². The third kappa shape index (κ3) is 3.25. The molecule has 0 saturated carbocycles. The predicted octanol–water partition coefficient (Wildman–Crippen LogP) is 5.54. The van der Waals surface area contributed by atoms with Crippen molar-refractivity contribution < 1.29 is 9.53 Å². The number of hydrogen-bond donors (Lipinski definition) is 0. The van der Waals surface area contributed by atoms with E-state index in [1.165, 1.54) is 28.5 Å². The van der Waals surface area contributed by atoms with Crippen molar-refractivity contribution in [1.82, 2.24) is 4.90 Å². The van der Waals surface area contributed by atoms with Crippen molar-refractivity contribution in [3.8, 4) is 0 Å². The van der Waals surface area contributed by atoms with Crippen LogP contribution >= 0.6 is 23.4 Å². The highest BCUT2D eigenvalue weighted by atomic mass is 35.5. The quantitative estimate of drug-likeness (QED) is 0.494. The molecule has 31 heavy (non-hydrogen) atoms. The highest BCUT2D eigenvalue weighted by Gasteiger charge is 2.43. The van der Waals surface area contributed by atoms with Gasteiger partial charge in [-0.3, -0.25) is 4.79 Å². The molecule has 4 nitrogen and oxygen atoms in total. The smallest absolute Gasteiger partial charge is 0.286 e. The van der Waals surface area contributed by atoms with Gasteiger partial charge < -0.3 is 9.64 Å². The zero-order chi connectivity index (χ0) is 21.0. The summed E-state index contributed by atoms with van der Waals surface area (Å²) in [5.74, 6) is -0.106. The van der Waals surface area contributed by atoms with E-state index < -0.39 is 0 Å². The van der Waals surface area contributed by atoms with Crippen molar-refractivity contribution >= 4 is 40.0 Å². The maximum atomic E-state index is 12.9. The first-order valence-corrected chi connectivity index (χ1v) is 12.1. The van der Waals surface area contributed by atoms with Crippen LogP contribution in [0.15, 0.2) is 52.4 Å². The Morgan fingerprint density at radius 1 is 1.06 bits per heavy atom. The largest absolute Gasteiger partial charge is 0.365 e. The number of aliphatic imine (C=N–C) groups is 1. The molecule has 0 bridgehead atoms. The van der Waals surface area contributed by atoms with Crippen molar-refractivity contribution in [2.45, 2.75) is 44.3 Å². The number of aryl methyl sites for hydroxylation is 1. The number of allylic oxidation sites excluding steroid dienone is 1. The number of likely N-dealkylation sites (tertiary alicyclic amines) is 1. The lowest BCUT2D eigenvalue weighted by atomic mass is 9.84. The average Bonchev–Trinajstić information content (AvgIpc) is 3.35. The van der Waals surface area contributed by atoms with Gasteiger partial charge in [0, 0.05) is 18.1 Å². The minimum atomic E-state index is -0.179. The van der Waals surface area contributed by atoms with Crippen molar-refractivity contribution in [2.24, 2.45) is 4.99 Å². The summed E-state index contributed by atoms with van der Waals surface area (Å²) in [6.45, 7) is 2.39. The number of carbonyl (C=O) groups excluding carboxylic acids is 1. The predicted molar refractivity (Wildman–Crippen MR) is 125 cm³/mol. The second-order valence-electron chi connectivity index (χ2n) is 8.69. The van der Waals surface area contributed by atoms with Crippen molar-refractivity contribution in [2.75, 3.05) is 13.1 Å². The first kappa shape index (κ1) is 19.6. The first-order valence-electron chi connectivity index (χ1n) is 10.9. The summed E-state index contributed by atoms with van der Waals surface area (Å²) in [6.07, 6.45) is 4.83. The summed E-state index contributed by atoms with van der Waals surface area (Å²) < 4.78 is 6.29. The number of nitrogens with zero attached hydrogens (tertiary/aromatic N) is 2. The SMILES string of the molecule is O=C1N=C(N2CCC3(CC2)OCc2ccccc23)S/C1=C1\CCCc2ccc(Cl)cc21. The van der Waals surface area contributed by atoms with Gasteiger partial charge in [-0.15, -0.1) is 0 Å². The van der Waals surface area contributed by atoms with Gasteiger partial charge in [-0.25, -0.2) is 0 Å². The van der Waals surface area contributed by atoms with Crippen LogP contribution in [0.25, 0.3) is 5.57 Å². The lowest BCUT2D eigenvalue weighted by Crippen LogP contribution is -2.44. The zero-order valence-corrected chi connectivity index (χ0v) is 18.8. The molecule has 158 valence electrons. The fraction of sp³-hybridized carbons (Fsp3) is 0.360. The molecule has 2 aromatic rings. The second-order valence-corrected chi connectivity index (χ2v) is 10.1. The molecule has 1 amide bonds. The minimum absolute atomic E-state index is 0.106. The zero-order valence-electron chi connectivity index (χ0n) is 17.2. The van der Waals surface area contributed by atoms with Crippen LogP contribution in [-0.4, -0.2) is 29.1 Å². The Hall–Kier alpha value is -2.08. The van der Waals surface area contributed by atoms with E-state index in [1.54, 1.807) is 0 Å². The van der Waals surface area contributed by atoms with E-state index in [2.05, 4.69) is 40.2 Å². The van der Waals surface area contributed by atoms with Crippen LogP contribution in [0.3, 0.4) is 0 Å². The van der Waals surface area contributed by atoms with Crippen LogP contribution < -0.4 is 0 Å². The highest BCUT2D eigenvalue weighted by molar-refractivity contribution is 8.18. The molecule has 1 saturated heterocycles. The fourth-order valence-electron chi connectivity index (χ4n) is 5.35. The van der Waals surface area contributed by atoms with Crippen LogP contribution in [0.1, 0.15) is 47.9 Å². The number of amidine groups is 1. The second kappa shape index (κ2) is 7.51. The molecule has 0 atom stereocenters. The van der Waals surface area contributed by atoms with Gasteiger partial charge in [-0.1, -0.05) is 41.9 Å². The molecule has 6 rings (SSSR count). The number of thioether (sulfide) groups is 1. The van der Waals surface area contributed by atoms with E-state index in [0.717, 1.165) is 66.4 Å². The fourth-order valence-corrected chi connectivity index (χ4v) is 6.62. The van der Waals surface area contributed by atoms with E-state index in [-0.39, 0.29) is 11.5 Å². The molecule has 0 N–H and O–H groups in total. The molecular weight excluding hydrogens is 428 g/mol. The number of fused-ring (bicyclic) bond motifs is 3. The van der Waals surface area contributed by atoms with Crippen LogP contribution in [-0.2, 0) is 28.2 Å². The third-order valence-corrected chi connectivity index (χ3v) is 8.37. The van der Waals surface area contributed by atoms with Gasteiger partial charge >= 0.3 is 0 Å². The standard InChI is InChI=1S/C25H23ClN2O2S/c26-18-9-8-16-5-3-6-19(20(16)14-18)22-23(29)27-24(31-22)28-12-10-25(11-13-28)21-7-2-1-4-17(21)15-30-25/h1-2,4,7-9,14H,3,5-6,10-13,15H2/b22-19+. The Morgan fingerprint density at radius 3 is 2.77 bits per heavy atom. The molecule has 1 spiro atoms. The molecule has 0 unspecified atom stereocenters. The van der Waals surface area contributed by atoms with E-state index >= 15 is 0 Å². The molecule has 4 aliphatic rings. The summed E-state index contributed by atoms with van der Waals surface area (Å²) in [7, 11) is 0. The normalized spacial score (nSPS) is 24.4. The molecule has 0 radical (unpaired) electrons. The Morgan fingerprint density at radius 2 is 1.90 bits per heavy atom. The molecular formula is C25H23ClN2O2S. The van der Waals surface area contributed by atoms with Crippen molar-refractivity contribution in [1.29, 1.82) is 0 Å². The molecule has 6 heteroatoms. The molecule has 1 aliphatic carbocycles. The van der Waals surface area contributed by atoms with Gasteiger partial charge in [0.05, 0.1) is 17.1 Å². The van der Waals surface area contributed by atoms with Gasteiger partial charge in [-0.2, -0.15) is 4.99 Å². The Bertz CT molecular complexity index is 1150. The van der Waals surface area contributed by atoms with Gasteiger partial charge in [0.1, 0.15) is 0 Å². The van der Waals surface area contributed by atoms with Crippen molar-refractivity contribution in [3.63, 3.8) is 0 Å². The number of amides is 1. The summed E-state index contributed by atoms with van der Waals surface area (Å²) in [4.78, 5) is 20.4. The summed E-state index contributed by atoms with van der Waals surface area (Å²) in [5, 5.41) is 1.55.